The molecule has 0 spiro atoms. The zero-order valence-corrected chi connectivity index (χ0v) is 4.49. The Balaban J connectivity index is 0.000000360. The molecule has 1 heterocycles. The summed E-state index contributed by atoms with van der Waals surface area (Å²) in [6, 6.07) is 0. The summed E-state index contributed by atoms with van der Waals surface area (Å²) in [5.74, 6) is 0.162. The maximum atomic E-state index is 10.1. The Morgan fingerprint density at radius 1 is 1.71 bits per heavy atom. The Bertz CT molecular complexity index is 99.9. The number of halogens is 1. The second kappa shape index (κ2) is 2.64. The lowest BCUT2D eigenvalue weighted by molar-refractivity contribution is -0.113. The maximum Gasteiger partial charge on any atom is 0.176 e. The van der Waals surface area contributed by atoms with Gasteiger partial charge in [-0.15, -0.1) is 12.4 Å². The molecule has 0 saturated heterocycles. The van der Waals surface area contributed by atoms with Crippen LogP contribution in [0.25, 0.3) is 0 Å². The number of carbonyl (C=O) groups excluding carboxylic acids is 1. The van der Waals surface area contributed by atoms with E-state index < -0.39 is 0 Å². The van der Waals surface area contributed by atoms with E-state index in [0.717, 1.165) is 0 Å². The number of carbonyl (C=O) groups is 1. The fourth-order valence-electron chi connectivity index (χ4n) is 0.370. The van der Waals surface area contributed by atoms with Crippen LogP contribution in [0.1, 0.15) is 0 Å². The molecule has 0 unspecified atom stereocenters. The van der Waals surface area contributed by atoms with Gasteiger partial charge >= 0.3 is 0 Å². The van der Waals surface area contributed by atoms with E-state index in [1.807, 2.05) is 0 Å². The van der Waals surface area contributed by atoms with Crippen LogP contribution in [0.5, 0.6) is 0 Å². The highest BCUT2D eigenvalue weighted by molar-refractivity contribution is 5.93. The Labute approximate surface area is 48.0 Å². The monoisotopic (exact) mass is 119 g/mol. The lowest BCUT2D eigenvalue weighted by Crippen LogP contribution is -2.06. The van der Waals surface area contributed by atoms with Gasteiger partial charge < -0.3 is 5.32 Å². The van der Waals surface area contributed by atoms with Crippen LogP contribution in [0.3, 0.4) is 0 Å². The molecule has 0 fully saturated rings. The minimum atomic E-state index is 0. The van der Waals surface area contributed by atoms with E-state index in [4.69, 9.17) is 0 Å². The molecule has 0 radical (unpaired) electrons. The second-order valence-corrected chi connectivity index (χ2v) is 1.18. The lowest BCUT2D eigenvalue weighted by atomic mass is 10.4. The van der Waals surface area contributed by atoms with Crippen LogP contribution in [0.15, 0.2) is 12.3 Å². The van der Waals surface area contributed by atoms with Gasteiger partial charge in [0.25, 0.3) is 0 Å². The molecule has 1 N–H and O–H groups in total. The van der Waals surface area contributed by atoms with E-state index in [1.54, 1.807) is 6.20 Å². The van der Waals surface area contributed by atoms with Crippen molar-refractivity contribution >= 4 is 18.2 Å². The van der Waals surface area contributed by atoms with Gasteiger partial charge in [0.05, 0.1) is 6.54 Å². The van der Waals surface area contributed by atoms with Crippen LogP contribution >= 0.6 is 12.4 Å². The van der Waals surface area contributed by atoms with Gasteiger partial charge in [-0.1, -0.05) is 0 Å². The van der Waals surface area contributed by atoms with Crippen molar-refractivity contribution in [2.24, 2.45) is 0 Å². The van der Waals surface area contributed by atoms with Crippen molar-refractivity contribution in [3.05, 3.63) is 12.3 Å². The molecule has 0 aliphatic carbocycles. The van der Waals surface area contributed by atoms with Gasteiger partial charge in [0.1, 0.15) is 0 Å². The number of nitrogens with one attached hydrogen (secondary N) is 1. The van der Waals surface area contributed by atoms with Crippen LogP contribution in [0.4, 0.5) is 0 Å². The van der Waals surface area contributed by atoms with Gasteiger partial charge in [-0.25, -0.2) is 0 Å². The highest BCUT2D eigenvalue weighted by Gasteiger charge is 1.96. The van der Waals surface area contributed by atoms with Gasteiger partial charge in [-0.3, -0.25) is 4.79 Å². The summed E-state index contributed by atoms with van der Waals surface area (Å²) in [6.07, 6.45) is 3.18. The van der Waals surface area contributed by atoms with Crippen LogP contribution in [0, 0.1) is 0 Å². The fraction of sp³-hybridized carbons (Fsp3) is 0.250. The van der Waals surface area contributed by atoms with Crippen LogP contribution in [0.2, 0.25) is 0 Å². The number of ketones is 1. The number of rotatable bonds is 0. The van der Waals surface area contributed by atoms with Gasteiger partial charge in [0.2, 0.25) is 0 Å². The van der Waals surface area contributed by atoms with Gasteiger partial charge in [0.15, 0.2) is 5.78 Å². The summed E-state index contributed by atoms with van der Waals surface area (Å²) in [6.45, 7) is 0.486. The molecule has 0 atom stereocenters. The first-order valence-corrected chi connectivity index (χ1v) is 1.82. The molecular formula is C4H6ClNO. The summed E-state index contributed by atoms with van der Waals surface area (Å²) in [7, 11) is 0. The normalized spacial score (nSPS) is 15.7. The lowest BCUT2D eigenvalue weighted by Gasteiger charge is -1.78. The third-order valence-electron chi connectivity index (χ3n) is 0.663. The van der Waals surface area contributed by atoms with Crippen molar-refractivity contribution in [1.82, 2.24) is 5.32 Å². The molecule has 0 aromatic rings. The van der Waals surface area contributed by atoms with Crippen molar-refractivity contribution in [3.8, 4) is 0 Å². The first-order valence-electron chi connectivity index (χ1n) is 1.82. The molecule has 0 aromatic carbocycles. The Morgan fingerprint density at radius 3 is 2.57 bits per heavy atom. The van der Waals surface area contributed by atoms with E-state index in [0.29, 0.717) is 6.54 Å². The van der Waals surface area contributed by atoms with E-state index in [1.165, 1.54) is 6.08 Å². The smallest absolute Gasteiger partial charge is 0.176 e. The largest absolute Gasteiger partial charge is 0.383 e. The van der Waals surface area contributed by atoms with Gasteiger partial charge in [0, 0.05) is 6.20 Å². The first-order chi connectivity index (χ1) is 2.89. The fourth-order valence-corrected chi connectivity index (χ4v) is 0.370. The molecule has 7 heavy (non-hydrogen) atoms. The minimum absolute atomic E-state index is 0. The molecule has 1 aliphatic rings. The average Bonchev–Trinajstić information content (AvgIpc) is 1.86. The predicted octanol–water partition coefficient (Wildman–Crippen LogP) is 0.0942. The SMILES string of the molecule is Cl.O=C1C=CNC1. The van der Waals surface area contributed by atoms with Crippen molar-refractivity contribution < 1.29 is 4.79 Å². The third kappa shape index (κ3) is 1.59. The molecular weight excluding hydrogens is 114 g/mol. The summed E-state index contributed by atoms with van der Waals surface area (Å²) in [4.78, 5) is 10.1. The molecule has 3 heteroatoms. The molecule has 0 aromatic heterocycles. The Morgan fingerprint density at radius 2 is 2.43 bits per heavy atom. The summed E-state index contributed by atoms with van der Waals surface area (Å²) < 4.78 is 0. The van der Waals surface area contributed by atoms with E-state index >= 15 is 0 Å². The molecule has 0 saturated carbocycles. The first kappa shape index (κ1) is 6.50. The zero-order chi connectivity index (χ0) is 4.41. The van der Waals surface area contributed by atoms with Crippen molar-refractivity contribution in [3.63, 3.8) is 0 Å². The van der Waals surface area contributed by atoms with E-state index in [-0.39, 0.29) is 18.2 Å². The summed E-state index contributed by atoms with van der Waals surface area (Å²) in [5.41, 5.74) is 0. The number of hydrogen-bond acceptors (Lipinski definition) is 2. The Hall–Kier alpha value is -0.500. The molecule has 2 nitrogen and oxygen atoms in total. The van der Waals surface area contributed by atoms with E-state index in [9.17, 15) is 4.79 Å². The van der Waals surface area contributed by atoms with Gasteiger partial charge in [-0.05, 0) is 6.08 Å². The van der Waals surface area contributed by atoms with Gasteiger partial charge in [-0.2, -0.15) is 0 Å². The standard InChI is InChI=1S/C4H5NO.ClH/c6-4-1-2-5-3-4;/h1-2,5H,3H2;1H. The molecule has 0 amide bonds. The third-order valence-corrected chi connectivity index (χ3v) is 0.663. The minimum Gasteiger partial charge on any atom is -0.383 e. The second-order valence-electron chi connectivity index (χ2n) is 1.18. The molecule has 40 valence electrons. The molecule has 1 rings (SSSR count). The van der Waals surface area contributed by atoms with Crippen molar-refractivity contribution in [2.45, 2.75) is 0 Å². The van der Waals surface area contributed by atoms with Crippen LogP contribution in [-0.4, -0.2) is 12.3 Å². The molecule has 0 bridgehead atoms. The molecule has 1 aliphatic heterocycles. The topological polar surface area (TPSA) is 29.1 Å². The highest BCUT2D eigenvalue weighted by atomic mass is 35.5. The van der Waals surface area contributed by atoms with Crippen molar-refractivity contribution in [1.29, 1.82) is 0 Å². The zero-order valence-electron chi connectivity index (χ0n) is 3.68. The van der Waals surface area contributed by atoms with Crippen molar-refractivity contribution in [2.75, 3.05) is 6.54 Å². The quantitative estimate of drug-likeness (QED) is 0.490. The predicted molar refractivity (Wildman–Crippen MR) is 29.4 cm³/mol. The summed E-state index contributed by atoms with van der Waals surface area (Å²) >= 11 is 0. The summed E-state index contributed by atoms with van der Waals surface area (Å²) in [5, 5.41) is 2.74. The van der Waals surface area contributed by atoms with Crippen LogP contribution in [-0.2, 0) is 4.79 Å². The Kier molecular flexibility index (Phi) is 2.45. The van der Waals surface area contributed by atoms with E-state index in [2.05, 4.69) is 5.32 Å². The maximum absolute atomic E-state index is 10.1. The average molecular weight is 120 g/mol. The number of hydrogen-bond donors (Lipinski definition) is 1. The highest BCUT2D eigenvalue weighted by Crippen LogP contribution is 1.79. The van der Waals surface area contributed by atoms with Crippen LogP contribution < -0.4 is 5.32 Å².